The van der Waals surface area contributed by atoms with Gasteiger partial charge in [0.15, 0.2) is 0 Å². The monoisotopic (exact) mass is 211 g/mol. The van der Waals surface area contributed by atoms with Crippen LogP contribution in [0.1, 0.15) is 39.0 Å². The first-order valence-electron chi connectivity index (χ1n) is 5.71. The molecule has 1 N–H and O–H groups in total. The molecule has 0 saturated heterocycles. The summed E-state index contributed by atoms with van der Waals surface area (Å²) in [6.07, 6.45) is 2.87. The number of ether oxygens (including phenoxy) is 1. The Morgan fingerprint density at radius 3 is 2.67 bits per heavy atom. The van der Waals surface area contributed by atoms with Gasteiger partial charge in [-0.25, -0.2) is 0 Å². The van der Waals surface area contributed by atoms with E-state index in [0.29, 0.717) is 0 Å². The second-order valence-corrected chi connectivity index (χ2v) is 3.45. The summed E-state index contributed by atoms with van der Waals surface area (Å²) in [4.78, 5) is 0. The highest BCUT2D eigenvalue weighted by atomic mass is 16.5. The molecule has 1 rings (SSSR count). The lowest BCUT2D eigenvalue weighted by molar-refractivity contribution is 0.0262. The number of nitrogens with one attached hydrogen (secondary N) is 1. The maximum absolute atomic E-state index is 5.71. The zero-order valence-corrected chi connectivity index (χ0v) is 9.82. The Hall–Kier alpha value is -0.800. The molecule has 0 spiro atoms. The van der Waals surface area contributed by atoms with Gasteiger partial charge in [0.2, 0.25) is 0 Å². The number of rotatable bonds is 7. The lowest BCUT2D eigenvalue weighted by Gasteiger charge is -2.25. The van der Waals surface area contributed by atoms with E-state index in [0.717, 1.165) is 25.3 Å². The molecule has 3 nitrogen and oxygen atoms in total. The molecule has 86 valence electrons. The van der Waals surface area contributed by atoms with E-state index < -0.39 is 0 Å². The van der Waals surface area contributed by atoms with Gasteiger partial charge in [0.1, 0.15) is 5.76 Å². The van der Waals surface area contributed by atoms with Gasteiger partial charge in [-0.05, 0) is 32.0 Å². The van der Waals surface area contributed by atoms with Crippen LogP contribution >= 0.6 is 0 Å². The van der Waals surface area contributed by atoms with Crippen molar-refractivity contribution in [2.75, 3.05) is 13.2 Å². The summed E-state index contributed by atoms with van der Waals surface area (Å²) in [5.41, 5.74) is 0. The Morgan fingerprint density at radius 1 is 1.40 bits per heavy atom. The van der Waals surface area contributed by atoms with E-state index in [4.69, 9.17) is 9.15 Å². The molecule has 0 fully saturated rings. The van der Waals surface area contributed by atoms with Gasteiger partial charge >= 0.3 is 0 Å². The fraction of sp³-hybridized carbons (Fsp3) is 0.667. The summed E-state index contributed by atoms with van der Waals surface area (Å²) in [7, 11) is 0. The van der Waals surface area contributed by atoms with Gasteiger partial charge in [0.05, 0.1) is 18.4 Å². The molecule has 15 heavy (non-hydrogen) atoms. The molecule has 0 aliphatic rings. The quantitative estimate of drug-likeness (QED) is 0.753. The van der Waals surface area contributed by atoms with Crippen LogP contribution in [0.4, 0.5) is 0 Å². The van der Waals surface area contributed by atoms with Crippen LogP contribution < -0.4 is 5.32 Å². The highest BCUT2D eigenvalue weighted by Crippen LogP contribution is 2.21. The lowest BCUT2D eigenvalue weighted by atomic mass is 10.1. The van der Waals surface area contributed by atoms with E-state index in [1.165, 1.54) is 0 Å². The molecule has 0 radical (unpaired) electrons. The van der Waals surface area contributed by atoms with Crippen molar-refractivity contribution in [2.24, 2.45) is 0 Å². The highest BCUT2D eigenvalue weighted by Gasteiger charge is 2.23. The zero-order chi connectivity index (χ0) is 11.1. The maximum atomic E-state index is 5.71. The molecule has 0 aliphatic carbocycles. The summed E-state index contributed by atoms with van der Waals surface area (Å²) in [6.45, 7) is 7.89. The molecular formula is C12H21NO2. The van der Waals surface area contributed by atoms with Gasteiger partial charge in [-0.15, -0.1) is 0 Å². The third-order valence-electron chi connectivity index (χ3n) is 2.43. The Labute approximate surface area is 91.8 Å². The molecule has 2 atom stereocenters. The van der Waals surface area contributed by atoms with Gasteiger partial charge < -0.3 is 14.5 Å². The third kappa shape index (κ3) is 3.36. The van der Waals surface area contributed by atoms with Crippen molar-refractivity contribution in [3.8, 4) is 0 Å². The lowest BCUT2D eigenvalue weighted by Crippen LogP contribution is -2.33. The molecule has 0 bridgehead atoms. The minimum atomic E-state index is 0.162. The Bertz CT molecular complexity index is 246. The Kier molecular flexibility index (Phi) is 5.43. The summed E-state index contributed by atoms with van der Waals surface area (Å²) >= 11 is 0. The van der Waals surface area contributed by atoms with Gasteiger partial charge in [-0.2, -0.15) is 0 Å². The van der Waals surface area contributed by atoms with Crippen molar-refractivity contribution in [3.05, 3.63) is 24.2 Å². The van der Waals surface area contributed by atoms with E-state index >= 15 is 0 Å². The molecule has 1 aromatic heterocycles. The molecule has 0 amide bonds. The van der Waals surface area contributed by atoms with Crippen LogP contribution in [0.25, 0.3) is 0 Å². The van der Waals surface area contributed by atoms with Crippen LogP contribution in [0, 0.1) is 0 Å². The Morgan fingerprint density at radius 2 is 2.20 bits per heavy atom. The molecule has 0 aromatic carbocycles. The van der Waals surface area contributed by atoms with Crippen LogP contribution in [-0.2, 0) is 4.74 Å². The summed E-state index contributed by atoms with van der Waals surface area (Å²) < 4.78 is 11.1. The smallest absolute Gasteiger partial charge is 0.123 e. The van der Waals surface area contributed by atoms with E-state index in [-0.39, 0.29) is 12.1 Å². The summed E-state index contributed by atoms with van der Waals surface area (Å²) in [5, 5.41) is 3.40. The fourth-order valence-corrected chi connectivity index (χ4v) is 1.77. The van der Waals surface area contributed by atoms with Crippen molar-refractivity contribution in [3.63, 3.8) is 0 Å². The molecule has 0 saturated carbocycles. The number of hydrogen-bond donors (Lipinski definition) is 1. The molecule has 3 heteroatoms. The zero-order valence-electron chi connectivity index (χ0n) is 9.82. The largest absolute Gasteiger partial charge is 0.468 e. The van der Waals surface area contributed by atoms with E-state index in [1.807, 2.05) is 19.1 Å². The summed E-state index contributed by atoms with van der Waals surface area (Å²) in [6, 6.07) is 4.07. The molecule has 2 unspecified atom stereocenters. The average Bonchev–Trinajstić information content (AvgIpc) is 2.76. The van der Waals surface area contributed by atoms with Gasteiger partial charge in [-0.3, -0.25) is 0 Å². The molecule has 0 aliphatic heterocycles. The van der Waals surface area contributed by atoms with Crippen LogP contribution in [0.5, 0.6) is 0 Å². The van der Waals surface area contributed by atoms with Crippen molar-refractivity contribution in [1.29, 1.82) is 0 Å². The van der Waals surface area contributed by atoms with Crippen LogP contribution in [0.2, 0.25) is 0 Å². The van der Waals surface area contributed by atoms with Gasteiger partial charge in [0, 0.05) is 6.61 Å². The summed E-state index contributed by atoms with van der Waals surface area (Å²) in [5.74, 6) is 0.956. The van der Waals surface area contributed by atoms with E-state index in [2.05, 4.69) is 19.2 Å². The molecule has 1 aromatic rings. The SMILES string of the molecule is CCNC(c1ccco1)C(CC)OCC. The van der Waals surface area contributed by atoms with Crippen molar-refractivity contribution in [1.82, 2.24) is 5.32 Å². The second-order valence-electron chi connectivity index (χ2n) is 3.45. The van der Waals surface area contributed by atoms with Gasteiger partial charge in [-0.1, -0.05) is 13.8 Å². The first kappa shape index (κ1) is 12.3. The van der Waals surface area contributed by atoms with Crippen LogP contribution in [0.15, 0.2) is 22.8 Å². The van der Waals surface area contributed by atoms with Crippen LogP contribution in [-0.4, -0.2) is 19.3 Å². The predicted octanol–water partition coefficient (Wildman–Crippen LogP) is 2.75. The average molecular weight is 211 g/mol. The predicted molar refractivity (Wildman–Crippen MR) is 60.8 cm³/mol. The van der Waals surface area contributed by atoms with Crippen molar-refractivity contribution < 1.29 is 9.15 Å². The number of hydrogen-bond acceptors (Lipinski definition) is 3. The number of furan rings is 1. The minimum Gasteiger partial charge on any atom is -0.468 e. The Balaban J connectivity index is 2.71. The van der Waals surface area contributed by atoms with Gasteiger partial charge in [0.25, 0.3) is 0 Å². The second kappa shape index (κ2) is 6.64. The van der Waals surface area contributed by atoms with Crippen molar-refractivity contribution in [2.45, 2.75) is 39.3 Å². The molecule has 1 heterocycles. The minimum absolute atomic E-state index is 0.162. The first-order chi connectivity index (χ1) is 7.33. The van der Waals surface area contributed by atoms with E-state index in [1.54, 1.807) is 6.26 Å². The first-order valence-corrected chi connectivity index (χ1v) is 5.71. The normalized spacial score (nSPS) is 15.1. The standard InChI is InChI=1S/C12H21NO2/c1-4-10(14-6-3)12(13-5-2)11-8-7-9-15-11/h7-10,12-13H,4-6H2,1-3H3. The van der Waals surface area contributed by atoms with Crippen LogP contribution in [0.3, 0.4) is 0 Å². The number of likely N-dealkylation sites (N-methyl/N-ethyl adjacent to an activating group) is 1. The highest BCUT2D eigenvalue weighted by molar-refractivity contribution is 5.06. The topological polar surface area (TPSA) is 34.4 Å². The maximum Gasteiger partial charge on any atom is 0.123 e. The molecular weight excluding hydrogens is 190 g/mol. The van der Waals surface area contributed by atoms with E-state index in [9.17, 15) is 0 Å². The van der Waals surface area contributed by atoms with Crippen molar-refractivity contribution >= 4 is 0 Å². The third-order valence-corrected chi connectivity index (χ3v) is 2.43. The fourth-order valence-electron chi connectivity index (χ4n) is 1.77.